The lowest BCUT2D eigenvalue weighted by atomic mass is 9.81. The zero-order valence-electron chi connectivity index (χ0n) is 94.6. The van der Waals surface area contributed by atoms with E-state index in [0.29, 0.717) is 48.9 Å². The van der Waals surface area contributed by atoms with Gasteiger partial charge in [-0.05, 0) is 145 Å². The third-order valence-electron chi connectivity index (χ3n) is 32.4. The van der Waals surface area contributed by atoms with Crippen LogP contribution in [0.4, 0.5) is 22.0 Å². The summed E-state index contributed by atoms with van der Waals surface area (Å²) >= 11 is 5.45. The Kier molecular flexibility index (Phi) is 52.2. The molecule has 10 aliphatic rings. The topological polar surface area (TPSA) is 418 Å². The predicted octanol–water partition coefficient (Wildman–Crippen LogP) is 19.2. The highest BCUT2D eigenvalue weighted by Crippen LogP contribution is 2.59. The number of ether oxygens (including phenoxy) is 4. The third-order valence-corrected chi connectivity index (χ3v) is 32.7. The molecule has 12 unspecified atom stereocenters. The molecule has 147 heavy (non-hydrogen) atoms. The molecule has 4 heterocycles. The van der Waals surface area contributed by atoms with Crippen LogP contribution in [0, 0.1) is 154 Å². The summed E-state index contributed by atoms with van der Waals surface area (Å²) in [5, 5.41) is 24.3. The predicted molar refractivity (Wildman–Crippen MR) is 559 cm³/mol. The van der Waals surface area contributed by atoms with Gasteiger partial charge in [-0.3, -0.25) is 92.7 Å². The third kappa shape index (κ3) is 39.1. The lowest BCUT2D eigenvalue weighted by Crippen LogP contribution is -2.47. The van der Waals surface area contributed by atoms with Crippen molar-refractivity contribution < 1.29 is 118 Å². The fourth-order valence-corrected chi connectivity index (χ4v) is 17.6. The van der Waals surface area contributed by atoms with Crippen LogP contribution in [0.25, 0.3) is 0 Å². The summed E-state index contributed by atoms with van der Waals surface area (Å²) in [6.07, 6.45) is 25.7. The minimum atomic E-state index is -2.22. The minimum Gasteiger partial charge on any atom is -0.465 e. The summed E-state index contributed by atoms with van der Waals surface area (Å²) in [5.41, 5.74) is -4.66. The molecule has 29 nitrogen and oxygen atoms in total. The van der Waals surface area contributed by atoms with Crippen LogP contribution in [0.3, 0.4) is 0 Å². The van der Waals surface area contributed by atoms with E-state index in [4.69, 9.17) is 21.7 Å². The maximum atomic E-state index is 13.4. The number of esters is 4. The molecule has 12 atom stereocenters. The van der Waals surface area contributed by atoms with E-state index in [1.807, 2.05) is 125 Å². The second-order valence-electron chi connectivity index (χ2n) is 48.4. The number of unbranched alkanes of at least 4 members (excludes halogenated alkanes) is 2. The van der Waals surface area contributed by atoms with Gasteiger partial charge in [-0.2, -0.15) is 0 Å². The summed E-state index contributed by atoms with van der Waals surface area (Å²) in [7, 11) is 0. The van der Waals surface area contributed by atoms with E-state index in [1.165, 1.54) is 70.6 Å². The molecule has 1 aromatic rings. The van der Waals surface area contributed by atoms with Crippen LogP contribution in [0.2, 0.25) is 0 Å². The molecule has 6 aliphatic carbocycles. The van der Waals surface area contributed by atoms with Crippen molar-refractivity contribution in [2.45, 2.75) is 407 Å². The van der Waals surface area contributed by atoms with E-state index in [1.54, 1.807) is 48.5 Å². The highest BCUT2D eigenvalue weighted by molar-refractivity contribution is 7.80. The quantitative estimate of drug-likeness (QED) is 0.00461. The van der Waals surface area contributed by atoms with Crippen LogP contribution in [-0.2, 0) is 102 Å². The van der Waals surface area contributed by atoms with E-state index >= 15 is 0 Å². The van der Waals surface area contributed by atoms with Crippen molar-refractivity contribution in [3.05, 3.63) is 34.6 Å². The Balaban J connectivity index is 0.000000427. The van der Waals surface area contributed by atoms with Gasteiger partial charge in [-0.15, -0.1) is 0 Å². The summed E-state index contributed by atoms with van der Waals surface area (Å²) < 4.78 is 85.6. The number of cyclic esters (lactones) is 2. The Labute approximate surface area is 878 Å². The zero-order chi connectivity index (χ0) is 113. The van der Waals surface area contributed by atoms with Crippen molar-refractivity contribution in [3.8, 4) is 0 Å². The number of carbonyl (C=O) groups is 16. The SMILES string of the molecule is CCC(C)(C)C(=O)NC(=O)C1C2CC3C(=O)OC1C3C2.CCC(C)(C)C(=O)NC(=O)C1CCOC1=O.CCC(C)(C)C(=O)NC(=O)C1COC(=O)C1.CCC(C)(C)C(=O)NC(=S)C1C2CC3C(=O)OC1C3C2.CCC(C)(C)C(=O)NCC(C)(C)C.CCC(C)(C)C(=O)NCC1CCCC1.CCC(C)(C)C(=O)NCC1CCCCC1.CCC(C)(C)C(=O)NCc1c(F)c(F)c(F)c(F)c1F.CCCCCNC(=O)C(C)(C)CC. The molecule has 0 aromatic heterocycles. The van der Waals surface area contributed by atoms with Gasteiger partial charge in [0.25, 0.3) is 0 Å². The molecule has 10 fully saturated rings. The molecular weight excluding hydrogens is 1920 g/mol. The van der Waals surface area contributed by atoms with Gasteiger partial charge in [0, 0.05) is 111 Å². The van der Waals surface area contributed by atoms with Crippen LogP contribution in [0.15, 0.2) is 0 Å². The number of thiocarbonyl (C=S) groups is 1. The average Bonchev–Trinajstić information content (AvgIpc) is 1.57. The minimum absolute atomic E-state index is 0.00293. The fourth-order valence-electron chi connectivity index (χ4n) is 17.1. The lowest BCUT2D eigenvalue weighted by molar-refractivity contribution is -0.148. The van der Waals surface area contributed by atoms with Crippen molar-refractivity contribution in [2.24, 2.45) is 125 Å². The number of carbonyl (C=O) groups excluding carboxylic acids is 16. The van der Waals surface area contributed by atoms with Crippen molar-refractivity contribution in [2.75, 3.05) is 39.4 Å². The number of imide groups is 3. The Bertz CT molecular complexity index is 4550. The number of hydrogen-bond donors (Lipinski definition) is 9. The molecule has 4 bridgehead atoms. The first-order valence-electron chi connectivity index (χ1n) is 54.0. The second kappa shape index (κ2) is 58.1. The number of fused-ring (bicyclic) bond motifs is 2. The molecule has 1 aromatic carbocycles. The number of rotatable bonds is 33. The number of hydrogen-bond acceptors (Lipinski definition) is 21. The first-order chi connectivity index (χ1) is 67.9. The van der Waals surface area contributed by atoms with Crippen molar-refractivity contribution in [1.82, 2.24) is 47.9 Å². The van der Waals surface area contributed by atoms with Crippen molar-refractivity contribution in [1.29, 1.82) is 0 Å². The molecule has 4 saturated heterocycles. The molecular formula is C112H184F5N9O20S. The van der Waals surface area contributed by atoms with Gasteiger partial charge >= 0.3 is 23.9 Å². The molecule has 838 valence electrons. The Morgan fingerprint density at radius 2 is 0.687 bits per heavy atom. The first kappa shape index (κ1) is 132. The van der Waals surface area contributed by atoms with Crippen LogP contribution >= 0.6 is 12.2 Å². The zero-order valence-corrected chi connectivity index (χ0v) is 95.4. The monoisotopic (exact) mass is 2100 g/mol. The molecule has 0 radical (unpaired) electrons. The van der Waals surface area contributed by atoms with Gasteiger partial charge in [0.05, 0.1) is 41.7 Å². The molecule has 11 rings (SSSR count). The van der Waals surface area contributed by atoms with E-state index in [2.05, 4.69) is 98.9 Å². The smallest absolute Gasteiger partial charge is 0.318 e. The fraction of sp³-hybridized carbons (Fsp3) is 0.795. The second-order valence-corrected chi connectivity index (χ2v) is 48.8. The summed E-state index contributed by atoms with van der Waals surface area (Å²) in [6, 6.07) is 0. The number of benzene rings is 1. The highest BCUT2D eigenvalue weighted by Gasteiger charge is 2.65. The largest absolute Gasteiger partial charge is 0.465 e. The molecule has 35 heteroatoms. The Morgan fingerprint density at radius 3 is 1.05 bits per heavy atom. The van der Waals surface area contributed by atoms with Crippen LogP contribution in [0.1, 0.15) is 394 Å². The molecule has 9 N–H and O–H groups in total. The number of nitrogens with one attached hydrogen (secondary N) is 9. The van der Waals surface area contributed by atoms with Gasteiger partial charge < -0.3 is 50.8 Å². The van der Waals surface area contributed by atoms with Crippen molar-refractivity contribution >= 4 is 112 Å². The number of halogens is 5. The van der Waals surface area contributed by atoms with Gasteiger partial charge in [0.1, 0.15) is 24.7 Å². The van der Waals surface area contributed by atoms with E-state index in [9.17, 15) is 98.7 Å². The van der Waals surface area contributed by atoms with Gasteiger partial charge in [0.2, 0.25) is 76.7 Å². The lowest BCUT2D eigenvalue weighted by Gasteiger charge is -2.28. The first-order valence-corrected chi connectivity index (χ1v) is 54.4. The normalized spacial score (nSPS) is 22.2. The van der Waals surface area contributed by atoms with Crippen molar-refractivity contribution in [3.63, 3.8) is 0 Å². The average molecular weight is 2100 g/mol. The number of amides is 12. The van der Waals surface area contributed by atoms with Gasteiger partial charge in [-0.25, -0.2) is 22.0 Å². The molecule has 6 saturated carbocycles. The van der Waals surface area contributed by atoms with Gasteiger partial charge in [0.15, 0.2) is 23.3 Å². The Morgan fingerprint density at radius 1 is 0.354 bits per heavy atom. The van der Waals surface area contributed by atoms with Crippen LogP contribution < -0.4 is 47.9 Å². The summed E-state index contributed by atoms with van der Waals surface area (Å²) in [6.45, 7) is 62.7. The van der Waals surface area contributed by atoms with E-state index in [0.717, 1.165) is 102 Å². The van der Waals surface area contributed by atoms with Crippen LogP contribution in [-0.4, -0.2) is 151 Å². The Hall–Kier alpha value is -8.92. The maximum absolute atomic E-state index is 13.4. The summed E-state index contributed by atoms with van der Waals surface area (Å²) in [4.78, 5) is 188. The maximum Gasteiger partial charge on any atom is 0.318 e. The molecule has 4 aliphatic heterocycles. The molecule has 0 spiro atoms. The molecule has 12 amide bonds. The summed E-state index contributed by atoms with van der Waals surface area (Å²) in [5.74, 6) is -12.2. The standard InChI is InChI=1S/C15H21NO4.C15H21NO3S.C13H14F5NO.C13H25NO.C12H23NO.2C11H17NO4.2C11H23NO/c1-4-15(2,3)14(19)16-12(17)10-7-5-8-9(6-7)13(18)20-11(8)10;1-4-15(2,3)14(18)16-12(20)10-7-5-8-9(6-7)13(17)19-11(8)10;1-4-13(2,3)12(20)19-5-6-7(14)9(16)11(18)10(17)8(6)15;1-4-13(2,3)12(15)14-10-11-8-6-5-7-9-11;1-4-12(2,3)11(14)13-9-10-7-5-6-8-10;1-4-11(2,3)10(15)12-9(14)7-5-8(13)16-6-7;1-4-11(2,3)10(15)12-8(13)7-5-6-16-9(7)14;1-7-11(5,6)9(13)12-8-10(2,3)4;1-5-7-8-9-12-10(13)11(3,4)6-2/h7-11H,4-6H2,1-3H3,(H,16,17,19);7-11H,4-6H2,1-3H3,(H,16,18,20);4-5H2,1-3H3,(H,19,20);11H,4-10H2,1-3H3,(H,14,15);10H,4-9H2,1-3H3,(H,13,14);7H,4-6H2,1-3H3,(H,12,14,15);7H,4-6H2,1-3H3,(H,12,13,15);7-8H2,1-6H3,(H,12,13);5-9H2,1-4H3,(H,12,13). The highest BCUT2D eigenvalue weighted by atomic mass is 32.1. The van der Waals surface area contributed by atoms with Crippen LogP contribution in [0.5, 0.6) is 0 Å². The van der Waals surface area contributed by atoms with E-state index < -0.39 is 104 Å². The van der Waals surface area contributed by atoms with Gasteiger partial charge in [-0.1, -0.05) is 272 Å². The van der Waals surface area contributed by atoms with E-state index in [-0.39, 0.29) is 165 Å².